The Hall–Kier alpha value is 0.340. The van der Waals surface area contributed by atoms with Crippen LogP contribution in [0.25, 0.3) is 0 Å². The van der Waals surface area contributed by atoms with Crippen molar-refractivity contribution >= 4 is 24.7 Å². The third kappa shape index (κ3) is 1.41. The van der Waals surface area contributed by atoms with Crippen LogP contribution in [0, 0.1) is 11.8 Å². The van der Waals surface area contributed by atoms with E-state index in [2.05, 4.69) is 28.0 Å². The maximum atomic E-state index is 2.48. The van der Waals surface area contributed by atoms with Crippen molar-refractivity contribution in [2.75, 3.05) is 0 Å². The van der Waals surface area contributed by atoms with Gasteiger partial charge in [-0.2, -0.15) is 0 Å². The van der Waals surface area contributed by atoms with Gasteiger partial charge in [0.25, 0.3) is 0 Å². The molecule has 0 spiro atoms. The molecule has 0 aliphatic carbocycles. The molecular formula is C7H11I. The van der Waals surface area contributed by atoms with Gasteiger partial charge in [0, 0.05) is 0 Å². The second-order valence-corrected chi connectivity index (χ2v) is 4.45. The van der Waals surface area contributed by atoms with Gasteiger partial charge in [0.05, 0.1) is 0 Å². The molecular weight excluding hydrogens is 211 g/mol. The summed E-state index contributed by atoms with van der Waals surface area (Å²) in [5.41, 5.74) is 0. The minimum atomic E-state index is 0.342. The van der Waals surface area contributed by atoms with Gasteiger partial charge in [-0.05, 0) is 19.9 Å². The standard InChI is InChI=1S/C7H11I/c1-6-3-4-8-5-7(6)2/h3-7H,1-2H3. The van der Waals surface area contributed by atoms with E-state index in [1.807, 2.05) is 0 Å². The first-order valence-corrected chi connectivity index (χ1v) is 5.42. The zero-order chi connectivity index (χ0) is 5.98. The predicted molar refractivity (Wildman–Crippen MR) is 47.6 cm³/mol. The van der Waals surface area contributed by atoms with E-state index >= 15 is 0 Å². The molecule has 0 fully saturated rings. The van der Waals surface area contributed by atoms with E-state index < -0.39 is 0 Å². The molecule has 0 N–H and O–H groups in total. The van der Waals surface area contributed by atoms with Gasteiger partial charge >= 0.3 is 0 Å². The van der Waals surface area contributed by atoms with Crippen LogP contribution < -0.4 is 0 Å². The highest BCUT2D eigenvalue weighted by molar-refractivity contribution is 14.2. The average molecular weight is 222 g/mol. The van der Waals surface area contributed by atoms with E-state index in [1.54, 1.807) is 0 Å². The van der Waals surface area contributed by atoms with Crippen molar-refractivity contribution in [3.8, 4) is 0 Å². The third-order valence-electron chi connectivity index (χ3n) is 1.55. The largest absolute Gasteiger partial charge is 0.0982 e. The Morgan fingerprint density at radius 1 is 1.25 bits per heavy atom. The molecule has 1 rings (SSSR count). The number of halogens is 1. The number of allylic oxidation sites excluding steroid dienone is 1. The molecule has 0 radical (unpaired) electrons. The van der Waals surface area contributed by atoms with E-state index in [0.29, 0.717) is 20.7 Å². The summed E-state index contributed by atoms with van der Waals surface area (Å²) < 4.78 is 4.83. The first kappa shape index (κ1) is 6.46. The molecule has 1 aliphatic heterocycles. The third-order valence-corrected chi connectivity index (χ3v) is 3.93. The van der Waals surface area contributed by atoms with Gasteiger partial charge < -0.3 is 0 Å². The Balaban J connectivity index is 2.59. The van der Waals surface area contributed by atoms with Gasteiger partial charge in [-0.15, -0.1) is 0 Å². The van der Waals surface area contributed by atoms with Crippen LogP contribution >= 0.6 is 20.7 Å². The monoisotopic (exact) mass is 222 g/mol. The molecule has 1 aliphatic rings. The molecule has 2 unspecified atom stereocenters. The van der Waals surface area contributed by atoms with Crippen molar-refractivity contribution in [1.29, 1.82) is 0 Å². The summed E-state index contributed by atoms with van der Waals surface area (Å²) in [6, 6.07) is 0. The fraction of sp³-hybridized carbons (Fsp3) is 0.571. The van der Waals surface area contributed by atoms with Crippen LogP contribution in [0.4, 0.5) is 0 Å². The van der Waals surface area contributed by atoms with E-state index in [-0.39, 0.29) is 0 Å². The van der Waals surface area contributed by atoms with Gasteiger partial charge in [-0.3, -0.25) is 0 Å². The number of hydrogen-bond donors (Lipinski definition) is 0. The quantitative estimate of drug-likeness (QED) is 0.552. The van der Waals surface area contributed by atoms with Crippen molar-refractivity contribution in [2.45, 2.75) is 13.8 Å². The van der Waals surface area contributed by atoms with Crippen LogP contribution in [-0.2, 0) is 0 Å². The Morgan fingerprint density at radius 2 is 2.00 bits per heavy atom. The van der Waals surface area contributed by atoms with E-state index in [0.717, 1.165) is 11.8 Å². The molecule has 0 amide bonds. The van der Waals surface area contributed by atoms with Crippen LogP contribution in [0.3, 0.4) is 0 Å². The molecule has 0 saturated heterocycles. The van der Waals surface area contributed by atoms with Crippen LogP contribution in [0.5, 0.6) is 0 Å². The molecule has 8 heavy (non-hydrogen) atoms. The maximum absolute atomic E-state index is 2.48. The second kappa shape index (κ2) is 2.76. The Kier molecular flexibility index (Phi) is 2.23. The van der Waals surface area contributed by atoms with Crippen molar-refractivity contribution < 1.29 is 0 Å². The van der Waals surface area contributed by atoms with Crippen LogP contribution in [-0.4, -0.2) is 4.01 Å². The zero-order valence-corrected chi connectivity index (χ0v) is 7.42. The molecule has 0 nitrogen and oxygen atoms in total. The fourth-order valence-electron chi connectivity index (χ4n) is 0.603. The van der Waals surface area contributed by atoms with E-state index in [4.69, 9.17) is 0 Å². The summed E-state index contributed by atoms with van der Waals surface area (Å²) >= 11 is 0.342. The summed E-state index contributed by atoms with van der Waals surface area (Å²) in [7, 11) is 0. The van der Waals surface area contributed by atoms with Gasteiger partial charge in [0.1, 0.15) is 0 Å². The van der Waals surface area contributed by atoms with Crippen LogP contribution in [0.2, 0.25) is 0 Å². The molecule has 0 bridgehead atoms. The normalized spacial score (nSPS) is 36.8. The lowest BCUT2D eigenvalue weighted by Gasteiger charge is -2.13. The Bertz CT molecular complexity index is 108. The zero-order valence-electron chi connectivity index (χ0n) is 5.26. The Labute approximate surface area is 60.7 Å². The van der Waals surface area contributed by atoms with E-state index in [9.17, 15) is 0 Å². The van der Waals surface area contributed by atoms with Crippen molar-refractivity contribution in [1.82, 2.24) is 0 Å². The van der Waals surface area contributed by atoms with Gasteiger partial charge in [-0.1, -0.05) is 40.7 Å². The molecule has 2 atom stereocenters. The highest BCUT2D eigenvalue weighted by Gasteiger charge is 2.06. The Morgan fingerprint density at radius 3 is 2.38 bits per heavy atom. The van der Waals surface area contributed by atoms with Crippen molar-refractivity contribution in [3.05, 3.63) is 10.2 Å². The van der Waals surface area contributed by atoms with Gasteiger partial charge in [-0.25, -0.2) is 0 Å². The molecule has 46 valence electrons. The molecule has 1 heteroatoms. The summed E-state index contributed by atoms with van der Waals surface area (Å²) in [6.07, 6.45) is 2.35. The van der Waals surface area contributed by atoms with Gasteiger partial charge in [0.15, 0.2) is 0 Å². The lowest BCUT2D eigenvalue weighted by atomic mass is 9.99. The molecule has 0 aromatic rings. The molecule has 0 saturated carbocycles. The summed E-state index contributed by atoms with van der Waals surface area (Å²) in [6.45, 7) is 4.58. The fourth-order valence-corrected chi connectivity index (χ4v) is 3.05. The van der Waals surface area contributed by atoms with Gasteiger partial charge in [0.2, 0.25) is 0 Å². The van der Waals surface area contributed by atoms with Crippen molar-refractivity contribution in [2.24, 2.45) is 11.8 Å². The smallest absolute Gasteiger partial charge is 0.0144 e. The number of hydrogen-bond acceptors (Lipinski definition) is 0. The SMILES string of the molecule is CC1C=CI=CC1C. The maximum Gasteiger partial charge on any atom is -0.0144 e. The number of rotatable bonds is 0. The lowest BCUT2D eigenvalue weighted by molar-refractivity contribution is 0.606. The molecule has 0 aromatic heterocycles. The summed E-state index contributed by atoms with van der Waals surface area (Å²) in [4.78, 5) is 0. The summed E-state index contributed by atoms with van der Waals surface area (Å²) in [5, 5.41) is 0. The summed E-state index contributed by atoms with van der Waals surface area (Å²) in [5.74, 6) is 1.64. The molecule has 0 aromatic carbocycles. The van der Waals surface area contributed by atoms with E-state index in [1.165, 1.54) is 0 Å². The average Bonchev–Trinajstić information content (AvgIpc) is 1.77. The minimum Gasteiger partial charge on any atom is -0.0982 e. The first-order valence-electron chi connectivity index (χ1n) is 2.92. The lowest BCUT2D eigenvalue weighted by Crippen LogP contribution is -2.06. The van der Waals surface area contributed by atoms with Crippen LogP contribution in [0.1, 0.15) is 13.8 Å². The second-order valence-electron chi connectivity index (χ2n) is 2.29. The first-order chi connectivity index (χ1) is 3.80. The predicted octanol–water partition coefficient (Wildman–Crippen LogP) is 2.56. The highest BCUT2D eigenvalue weighted by Crippen LogP contribution is 2.19. The highest BCUT2D eigenvalue weighted by atomic mass is 127. The van der Waals surface area contributed by atoms with Crippen LogP contribution in [0.15, 0.2) is 10.2 Å². The topological polar surface area (TPSA) is 0 Å². The van der Waals surface area contributed by atoms with Crippen molar-refractivity contribution in [3.63, 3.8) is 0 Å². The molecule has 1 heterocycles. The minimum absolute atomic E-state index is 0.342.